The summed E-state index contributed by atoms with van der Waals surface area (Å²) in [5.74, 6) is -0.773. The average Bonchev–Trinajstić information content (AvgIpc) is 2.72. The first-order valence-electron chi connectivity index (χ1n) is 7.79. The van der Waals surface area contributed by atoms with E-state index in [0.717, 1.165) is 0 Å². The molecule has 1 aromatic rings. The fraction of sp³-hybridized carbons (Fsp3) is 0.471. The van der Waals surface area contributed by atoms with E-state index in [9.17, 15) is 9.90 Å². The molecule has 1 saturated heterocycles. The molecular formula is C17H24BNO5. The average molecular weight is 333 g/mol. The summed E-state index contributed by atoms with van der Waals surface area (Å²) in [6, 6.07) is 5.04. The van der Waals surface area contributed by atoms with Gasteiger partial charge in [0.1, 0.15) is 11.3 Å². The van der Waals surface area contributed by atoms with E-state index < -0.39 is 24.3 Å². The van der Waals surface area contributed by atoms with Gasteiger partial charge in [-0.3, -0.25) is 0 Å². The monoisotopic (exact) mass is 333 g/mol. The van der Waals surface area contributed by atoms with Crippen molar-refractivity contribution >= 4 is 19.2 Å². The van der Waals surface area contributed by atoms with Gasteiger partial charge in [-0.2, -0.15) is 0 Å². The molecule has 1 aliphatic rings. The van der Waals surface area contributed by atoms with Crippen molar-refractivity contribution in [1.82, 2.24) is 0 Å². The molecule has 0 spiro atoms. The Morgan fingerprint density at radius 1 is 1.29 bits per heavy atom. The summed E-state index contributed by atoms with van der Waals surface area (Å²) in [4.78, 5) is 11.6. The molecule has 0 saturated carbocycles. The predicted octanol–water partition coefficient (Wildman–Crippen LogP) is 2.37. The van der Waals surface area contributed by atoms with Gasteiger partial charge < -0.3 is 24.9 Å². The van der Waals surface area contributed by atoms with Crippen LogP contribution in [0.4, 0.5) is 0 Å². The molecule has 0 aromatic heterocycles. The van der Waals surface area contributed by atoms with E-state index in [1.807, 2.05) is 27.7 Å². The van der Waals surface area contributed by atoms with Crippen LogP contribution in [0.2, 0.25) is 0 Å². The number of benzene rings is 1. The second-order valence-corrected chi connectivity index (χ2v) is 6.74. The smallest absolute Gasteiger partial charge is 0.491 e. The lowest BCUT2D eigenvalue weighted by Gasteiger charge is -2.32. The van der Waals surface area contributed by atoms with Crippen LogP contribution in [-0.4, -0.2) is 43.1 Å². The highest BCUT2D eigenvalue weighted by molar-refractivity contribution is 6.56. The maximum Gasteiger partial charge on any atom is 0.491 e. The molecular weight excluding hydrogens is 309 g/mol. The van der Waals surface area contributed by atoms with Crippen molar-refractivity contribution in [2.24, 2.45) is 5.73 Å². The molecule has 0 bridgehead atoms. The number of hydrogen-bond acceptors (Lipinski definition) is 5. The zero-order valence-electron chi connectivity index (χ0n) is 14.8. The van der Waals surface area contributed by atoms with Crippen LogP contribution in [-0.2, 0) is 9.31 Å². The Hall–Kier alpha value is -1.83. The number of rotatable bonds is 5. The lowest BCUT2D eigenvalue weighted by molar-refractivity contribution is 0.00578. The number of carboxylic acids is 1. The molecule has 0 unspecified atom stereocenters. The van der Waals surface area contributed by atoms with Gasteiger partial charge in [0.05, 0.1) is 18.3 Å². The molecule has 1 heterocycles. The molecule has 7 heteroatoms. The van der Waals surface area contributed by atoms with E-state index >= 15 is 0 Å². The van der Waals surface area contributed by atoms with Crippen LogP contribution < -0.4 is 10.5 Å². The van der Waals surface area contributed by atoms with Crippen molar-refractivity contribution in [1.29, 1.82) is 0 Å². The summed E-state index contributed by atoms with van der Waals surface area (Å²) in [6.45, 7) is 8.00. The number of ether oxygens (including phenoxy) is 1. The van der Waals surface area contributed by atoms with Gasteiger partial charge in [-0.05, 0) is 44.8 Å². The zero-order valence-corrected chi connectivity index (χ0v) is 14.8. The molecule has 3 N–H and O–H groups in total. The van der Waals surface area contributed by atoms with Crippen molar-refractivity contribution < 1.29 is 23.9 Å². The van der Waals surface area contributed by atoms with Gasteiger partial charge in [0.15, 0.2) is 0 Å². The fourth-order valence-corrected chi connectivity index (χ4v) is 2.48. The van der Waals surface area contributed by atoms with Gasteiger partial charge in [0.2, 0.25) is 0 Å². The third-order valence-corrected chi connectivity index (χ3v) is 4.62. The Labute approximate surface area is 142 Å². The van der Waals surface area contributed by atoms with E-state index in [-0.39, 0.29) is 12.1 Å². The number of hydrogen-bond donors (Lipinski definition) is 2. The van der Waals surface area contributed by atoms with Gasteiger partial charge in [-0.25, -0.2) is 4.79 Å². The van der Waals surface area contributed by atoms with Crippen molar-refractivity contribution in [3.63, 3.8) is 0 Å². The number of methoxy groups -OCH3 is 1. The summed E-state index contributed by atoms with van der Waals surface area (Å²) in [6.07, 6.45) is 1.70. The first-order valence-corrected chi connectivity index (χ1v) is 7.79. The third-order valence-electron chi connectivity index (χ3n) is 4.62. The third kappa shape index (κ3) is 3.33. The zero-order chi connectivity index (χ0) is 18.1. The topological polar surface area (TPSA) is 91.0 Å². The Kier molecular flexibility index (Phi) is 5.08. The van der Waals surface area contributed by atoms with E-state index in [1.54, 1.807) is 24.3 Å². The van der Waals surface area contributed by atoms with Gasteiger partial charge in [-0.15, -0.1) is 0 Å². The summed E-state index contributed by atoms with van der Waals surface area (Å²) >= 11 is 0. The summed E-state index contributed by atoms with van der Waals surface area (Å²) in [5.41, 5.74) is 6.14. The van der Waals surface area contributed by atoms with Crippen LogP contribution in [0.5, 0.6) is 5.75 Å². The molecule has 0 aliphatic carbocycles. The van der Waals surface area contributed by atoms with E-state index in [2.05, 4.69) is 0 Å². The molecule has 0 atom stereocenters. The number of nitrogens with two attached hydrogens (primary N) is 1. The normalized spacial score (nSPS) is 19.4. The Morgan fingerprint density at radius 3 is 2.33 bits per heavy atom. The molecule has 1 aromatic carbocycles. The minimum absolute atomic E-state index is 0.0856. The van der Waals surface area contributed by atoms with E-state index in [1.165, 1.54) is 7.11 Å². The largest absolute Gasteiger partial charge is 0.496 e. The Balaban J connectivity index is 2.45. The van der Waals surface area contributed by atoms with Gasteiger partial charge in [-0.1, -0.05) is 18.2 Å². The predicted molar refractivity (Wildman–Crippen MR) is 93.1 cm³/mol. The molecule has 1 aliphatic heterocycles. The SMILES string of the molecule is COc1cccc(C=C(CN)B2OC(C)(C)C(C)(C)O2)c1C(=O)O. The summed E-state index contributed by atoms with van der Waals surface area (Å²) in [5, 5.41) is 9.49. The lowest BCUT2D eigenvalue weighted by atomic mass is 9.76. The van der Waals surface area contributed by atoms with Crippen LogP contribution in [0.3, 0.4) is 0 Å². The van der Waals surface area contributed by atoms with Gasteiger partial charge >= 0.3 is 13.1 Å². The fourth-order valence-electron chi connectivity index (χ4n) is 2.48. The minimum atomic E-state index is -1.07. The molecule has 0 radical (unpaired) electrons. The molecule has 6 nitrogen and oxygen atoms in total. The second kappa shape index (κ2) is 6.59. The molecule has 1 fully saturated rings. The maximum absolute atomic E-state index is 11.6. The number of carbonyl (C=O) groups is 1. The molecule has 130 valence electrons. The summed E-state index contributed by atoms with van der Waals surface area (Å²) in [7, 11) is 0.820. The highest BCUT2D eigenvalue weighted by Crippen LogP contribution is 2.39. The number of carboxylic acid groups (broad SMARTS) is 1. The second-order valence-electron chi connectivity index (χ2n) is 6.74. The van der Waals surface area contributed by atoms with E-state index in [4.69, 9.17) is 19.8 Å². The van der Waals surface area contributed by atoms with Crippen LogP contribution in [0.25, 0.3) is 6.08 Å². The van der Waals surface area contributed by atoms with E-state index in [0.29, 0.717) is 16.8 Å². The van der Waals surface area contributed by atoms with Crippen LogP contribution in [0.1, 0.15) is 43.6 Å². The summed E-state index contributed by atoms with van der Waals surface area (Å²) < 4.78 is 17.1. The highest BCUT2D eigenvalue weighted by Gasteiger charge is 2.52. The minimum Gasteiger partial charge on any atom is -0.496 e. The molecule has 2 rings (SSSR count). The highest BCUT2D eigenvalue weighted by atomic mass is 16.7. The van der Waals surface area contributed by atoms with Crippen molar-refractivity contribution in [2.45, 2.75) is 38.9 Å². The van der Waals surface area contributed by atoms with Crippen LogP contribution in [0.15, 0.2) is 23.7 Å². The lowest BCUT2D eigenvalue weighted by Crippen LogP contribution is -2.41. The van der Waals surface area contributed by atoms with Crippen molar-refractivity contribution in [2.75, 3.05) is 13.7 Å². The maximum atomic E-state index is 11.6. The number of aromatic carboxylic acids is 1. The van der Waals surface area contributed by atoms with Crippen molar-refractivity contribution in [3.05, 3.63) is 34.8 Å². The Morgan fingerprint density at radius 2 is 1.88 bits per heavy atom. The first kappa shape index (κ1) is 18.5. The van der Waals surface area contributed by atoms with Gasteiger partial charge in [0, 0.05) is 6.54 Å². The van der Waals surface area contributed by atoms with Crippen LogP contribution >= 0.6 is 0 Å². The van der Waals surface area contributed by atoms with Gasteiger partial charge in [0.25, 0.3) is 0 Å². The Bertz CT molecular complexity index is 653. The first-order chi connectivity index (χ1) is 11.1. The van der Waals surface area contributed by atoms with Crippen LogP contribution in [0, 0.1) is 0 Å². The molecule has 0 amide bonds. The quantitative estimate of drug-likeness (QED) is 0.804. The molecule has 24 heavy (non-hydrogen) atoms. The van der Waals surface area contributed by atoms with Crippen molar-refractivity contribution in [3.8, 4) is 5.75 Å². The standard InChI is InChI=1S/C17H24BNO5/c1-16(2)17(3,4)24-18(23-16)12(10-19)9-11-7-6-8-13(22-5)14(11)15(20)21/h6-9H,10,19H2,1-5H3,(H,20,21).